The van der Waals surface area contributed by atoms with Gasteiger partial charge >= 0.3 is 0 Å². The number of hydrogen-bond donors (Lipinski definition) is 2. The molecule has 122 valence electrons. The van der Waals surface area contributed by atoms with Gasteiger partial charge in [-0.05, 0) is 44.9 Å². The lowest BCUT2D eigenvalue weighted by molar-refractivity contribution is -0.0387. The molecule has 2 unspecified atom stereocenters. The minimum atomic E-state index is -0.356. The van der Waals surface area contributed by atoms with Crippen LogP contribution in [0.1, 0.15) is 89.9 Å². The zero-order valence-corrected chi connectivity index (χ0v) is 13.8. The van der Waals surface area contributed by atoms with Crippen LogP contribution in [0.5, 0.6) is 0 Å². The highest BCUT2D eigenvalue weighted by Crippen LogP contribution is 2.35. The molecule has 0 aromatic heterocycles. The van der Waals surface area contributed by atoms with Gasteiger partial charge in [0.15, 0.2) is 0 Å². The van der Waals surface area contributed by atoms with Gasteiger partial charge in [-0.15, -0.1) is 6.58 Å². The Labute approximate surface area is 131 Å². The van der Waals surface area contributed by atoms with Gasteiger partial charge in [0.2, 0.25) is 0 Å². The van der Waals surface area contributed by atoms with Gasteiger partial charge in [-0.25, -0.2) is 0 Å². The third-order valence-corrected chi connectivity index (χ3v) is 5.38. The van der Waals surface area contributed by atoms with Gasteiger partial charge in [-0.3, -0.25) is 0 Å². The first-order valence-electron chi connectivity index (χ1n) is 9.31. The summed E-state index contributed by atoms with van der Waals surface area (Å²) in [5.74, 6) is 0. The van der Waals surface area contributed by atoms with E-state index in [1.54, 1.807) is 0 Å². The van der Waals surface area contributed by atoms with Crippen molar-refractivity contribution in [3.05, 3.63) is 12.7 Å². The van der Waals surface area contributed by atoms with Gasteiger partial charge in [-0.2, -0.15) is 0 Å². The molecule has 2 rings (SSSR count). The fraction of sp³-hybridized carbons (Fsp3) is 0.895. The molecule has 2 bridgehead atoms. The van der Waals surface area contributed by atoms with Gasteiger partial charge in [0, 0.05) is 12.1 Å². The molecule has 0 amide bonds. The van der Waals surface area contributed by atoms with Gasteiger partial charge < -0.3 is 10.4 Å². The standard InChI is InChI=1S/C19H35NO/c1-2-3-4-5-6-7-8-9-10-14-19(21)15-17-12-11-13-18(16-19)20-17/h2,17-18,20-21H,1,3-16H2. The molecule has 0 saturated carbocycles. The fourth-order valence-corrected chi connectivity index (χ4v) is 4.26. The molecular formula is C19H35NO. The van der Waals surface area contributed by atoms with Crippen molar-refractivity contribution < 1.29 is 5.11 Å². The second kappa shape index (κ2) is 8.95. The third-order valence-electron chi connectivity index (χ3n) is 5.38. The Hall–Kier alpha value is -0.340. The summed E-state index contributed by atoms with van der Waals surface area (Å²) >= 11 is 0. The molecular weight excluding hydrogens is 258 g/mol. The Kier molecular flexibility index (Phi) is 7.25. The largest absolute Gasteiger partial charge is 0.390 e. The Bertz CT molecular complexity index is 290. The van der Waals surface area contributed by atoms with Gasteiger partial charge in [0.25, 0.3) is 0 Å². The van der Waals surface area contributed by atoms with E-state index in [1.165, 1.54) is 70.6 Å². The number of aliphatic hydroxyl groups is 1. The predicted octanol–water partition coefficient (Wildman–Crippen LogP) is 4.72. The number of fused-ring (bicyclic) bond motifs is 2. The molecule has 2 nitrogen and oxygen atoms in total. The van der Waals surface area contributed by atoms with Crippen LogP contribution in [0.3, 0.4) is 0 Å². The van der Waals surface area contributed by atoms with Crippen molar-refractivity contribution in [1.29, 1.82) is 0 Å². The maximum atomic E-state index is 10.8. The number of nitrogens with one attached hydrogen (secondary N) is 1. The van der Waals surface area contributed by atoms with Gasteiger partial charge in [0.05, 0.1) is 5.60 Å². The summed E-state index contributed by atoms with van der Waals surface area (Å²) < 4.78 is 0. The van der Waals surface area contributed by atoms with Gasteiger partial charge in [-0.1, -0.05) is 51.0 Å². The van der Waals surface area contributed by atoms with Crippen molar-refractivity contribution >= 4 is 0 Å². The topological polar surface area (TPSA) is 32.3 Å². The van der Waals surface area contributed by atoms with E-state index >= 15 is 0 Å². The number of hydrogen-bond acceptors (Lipinski definition) is 2. The molecule has 2 aliphatic rings. The third kappa shape index (κ3) is 6.12. The highest BCUT2D eigenvalue weighted by atomic mass is 16.3. The molecule has 0 spiro atoms. The van der Waals surface area contributed by atoms with E-state index in [9.17, 15) is 5.11 Å². The van der Waals surface area contributed by atoms with E-state index < -0.39 is 0 Å². The fourth-order valence-electron chi connectivity index (χ4n) is 4.26. The molecule has 2 heteroatoms. The van der Waals surface area contributed by atoms with E-state index in [0.29, 0.717) is 12.1 Å². The monoisotopic (exact) mass is 293 g/mol. The van der Waals surface area contributed by atoms with Crippen molar-refractivity contribution in [3.8, 4) is 0 Å². The second-order valence-corrected chi connectivity index (χ2v) is 7.43. The van der Waals surface area contributed by atoms with Crippen LogP contribution >= 0.6 is 0 Å². The molecule has 2 atom stereocenters. The van der Waals surface area contributed by atoms with Gasteiger partial charge in [0.1, 0.15) is 0 Å². The van der Waals surface area contributed by atoms with E-state index in [-0.39, 0.29) is 5.60 Å². The van der Waals surface area contributed by atoms with Crippen LogP contribution in [-0.4, -0.2) is 22.8 Å². The summed E-state index contributed by atoms with van der Waals surface area (Å²) in [5.41, 5.74) is -0.356. The summed E-state index contributed by atoms with van der Waals surface area (Å²) in [6, 6.07) is 1.18. The predicted molar refractivity (Wildman–Crippen MR) is 90.5 cm³/mol. The highest BCUT2D eigenvalue weighted by Gasteiger charge is 2.39. The first-order chi connectivity index (χ1) is 10.2. The number of unbranched alkanes of at least 4 members (excludes halogenated alkanes) is 7. The van der Waals surface area contributed by atoms with Crippen LogP contribution in [0.15, 0.2) is 12.7 Å². The summed E-state index contributed by atoms with van der Waals surface area (Å²) in [6.45, 7) is 3.76. The molecule has 0 aromatic carbocycles. The molecule has 0 radical (unpaired) electrons. The summed E-state index contributed by atoms with van der Waals surface area (Å²) in [5, 5.41) is 14.5. The minimum Gasteiger partial charge on any atom is -0.390 e. The van der Waals surface area contributed by atoms with Crippen molar-refractivity contribution in [2.45, 2.75) is 108 Å². The maximum Gasteiger partial charge on any atom is 0.0677 e. The first-order valence-corrected chi connectivity index (χ1v) is 9.31. The molecule has 2 aliphatic heterocycles. The number of piperidine rings is 2. The van der Waals surface area contributed by atoms with E-state index in [4.69, 9.17) is 0 Å². The quantitative estimate of drug-likeness (QED) is 0.451. The van der Waals surface area contributed by atoms with Crippen molar-refractivity contribution in [2.24, 2.45) is 0 Å². The zero-order chi connectivity index (χ0) is 15.0. The molecule has 21 heavy (non-hydrogen) atoms. The lowest BCUT2D eigenvalue weighted by atomic mass is 9.75. The van der Waals surface area contributed by atoms with Crippen LogP contribution in [0.2, 0.25) is 0 Å². The van der Waals surface area contributed by atoms with E-state index in [0.717, 1.165) is 19.3 Å². The molecule has 2 saturated heterocycles. The average Bonchev–Trinajstić information content (AvgIpc) is 2.45. The molecule has 2 fully saturated rings. The van der Waals surface area contributed by atoms with Crippen LogP contribution in [-0.2, 0) is 0 Å². The van der Waals surface area contributed by atoms with Crippen LogP contribution in [0, 0.1) is 0 Å². The van der Waals surface area contributed by atoms with Crippen LogP contribution < -0.4 is 5.32 Å². The van der Waals surface area contributed by atoms with Crippen LogP contribution in [0.25, 0.3) is 0 Å². The molecule has 2 heterocycles. The Morgan fingerprint density at radius 1 is 0.952 bits per heavy atom. The van der Waals surface area contributed by atoms with E-state index in [2.05, 4.69) is 11.9 Å². The Balaban J connectivity index is 1.51. The van der Waals surface area contributed by atoms with E-state index in [1.807, 2.05) is 6.08 Å². The number of allylic oxidation sites excluding steroid dienone is 1. The lowest BCUT2D eigenvalue weighted by Gasteiger charge is -2.45. The molecule has 2 N–H and O–H groups in total. The number of rotatable bonds is 10. The minimum absolute atomic E-state index is 0.356. The Morgan fingerprint density at radius 2 is 1.52 bits per heavy atom. The first kappa shape index (κ1) is 17.0. The van der Waals surface area contributed by atoms with Crippen molar-refractivity contribution in [3.63, 3.8) is 0 Å². The van der Waals surface area contributed by atoms with Crippen molar-refractivity contribution in [2.75, 3.05) is 0 Å². The van der Waals surface area contributed by atoms with Crippen LogP contribution in [0.4, 0.5) is 0 Å². The second-order valence-electron chi connectivity index (χ2n) is 7.43. The summed E-state index contributed by atoms with van der Waals surface area (Å²) in [4.78, 5) is 0. The smallest absolute Gasteiger partial charge is 0.0677 e. The highest BCUT2D eigenvalue weighted by molar-refractivity contribution is 4.97. The zero-order valence-electron chi connectivity index (χ0n) is 13.8. The summed E-state index contributed by atoms with van der Waals surface area (Å²) in [6.07, 6.45) is 19.3. The van der Waals surface area contributed by atoms with Crippen molar-refractivity contribution in [1.82, 2.24) is 5.32 Å². The molecule has 0 aliphatic carbocycles. The Morgan fingerprint density at radius 3 is 2.14 bits per heavy atom. The average molecular weight is 293 g/mol. The SMILES string of the molecule is C=CCCCCCCCCCC1(O)CC2CCCC(C1)N2. The maximum absolute atomic E-state index is 10.8. The normalized spacial score (nSPS) is 32.0. The summed E-state index contributed by atoms with van der Waals surface area (Å²) in [7, 11) is 0. The lowest BCUT2D eigenvalue weighted by Crippen LogP contribution is -2.55. The molecule has 0 aromatic rings.